The summed E-state index contributed by atoms with van der Waals surface area (Å²) in [5, 5.41) is 13.5. The minimum Gasteiger partial charge on any atom is -0.361 e. The monoisotopic (exact) mass is 290 g/mol. The Morgan fingerprint density at radius 1 is 1.58 bits per heavy atom. The normalized spacial score (nSPS) is 12.8. The summed E-state index contributed by atoms with van der Waals surface area (Å²) < 4.78 is 22.3. The van der Waals surface area contributed by atoms with E-state index < -0.39 is 20.8 Å². The fourth-order valence-corrected chi connectivity index (χ4v) is 2.41. The highest BCUT2D eigenvalue weighted by atomic mass is 32.2. The number of nitrogens with one attached hydrogen (secondary N) is 2. The number of anilines is 2. The number of nitrogen functional groups attached to an aromatic ring is 1. The van der Waals surface area contributed by atoms with Gasteiger partial charge in [-0.25, -0.2) is 19.2 Å². The van der Waals surface area contributed by atoms with Crippen LogP contribution in [0.1, 0.15) is 6.92 Å². The van der Waals surface area contributed by atoms with E-state index in [4.69, 9.17) is 5.84 Å². The van der Waals surface area contributed by atoms with E-state index in [1.165, 1.54) is 0 Å². The number of nitro groups is 1. The Bertz CT molecular complexity index is 575. The van der Waals surface area contributed by atoms with Crippen LogP contribution >= 0.6 is 0 Å². The third-order valence-corrected chi connectivity index (χ3v) is 3.14. The Balaban J connectivity index is 3.00. The van der Waals surface area contributed by atoms with Crippen molar-refractivity contribution in [1.29, 1.82) is 0 Å². The van der Waals surface area contributed by atoms with Crippen LogP contribution in [0.25, 0.3) is 0 Å². The van der Waals surface area contributed by atoms with Crippen LogP contribution in [0.4, 0.5) is 17.5 Å². The highest BCUT2D eigenvalue weighted by Gasteiger charge is 2.20. The van der Waals surface area contributed by atoms with E-state index in [0.717, 1.165) is 12.5 Å². The summed E-state index contributed by atoms with van der Waals surface area (Å²) in [6, 6.07) is -0.547. The summed E-state index contributed by atoms with van der Waals surface area (Å²) in [4.78, 5) is 17.5. The number of hydrogen-bond acceptors (Lipinski definition) is 9. The maximum atomic E-state index is 11.1. The van der Waals surface area contributed by atoms with Crippen molar-refractivity contribution in [3.63, 3.8) is 0 Å². The largest absolute Gasteiger partial charge is 0.361 e. The van der Waals surface area contributed by atoms with Gasteiger partial charge in [-0.2, -0.15) is 4.98 Å². The first-order valence-electron chi connectivity index (χ1n) is 5.15. The Morgan fingerprint density at radius 3 is 2.68 bits per heavy atom. The number of aromatic nitrogens is 2. The van der Waals surface area contributed by atoms with Gasteiger partial charge in [0, 0.05) is 12.3 Å². The first kappa shape index (κ1) is 15.0. The smallest absolute Gasteiger partial charge is 0.329 e. The minimum absolute atomic E-state index is 0.0142. The summed E-state index contributed by atoms with van der Waals surface area (Å²) >= 11 is 0. The van der Waals surface area contributed by atoms with Gasteiger partial charge in [-0.3, -0.25) is 15.5 Å². The topological polar surface area (TPSA) is 153 Å². The molecular weight excluding hydrogens is 276 g/mol. The van der Waals surface area contributed by atoms with Gasteiger partial charge in [0.25, 0.3) is 0 Å². The van der Waals surface area contributed by atoms with Crippen molar-refractivity contribution in [3.8, 4) is 0 Å². The Hall–Kier alpha value is -2.01. The van der Waals surface area contributed by atoms with Crippen molar-refractivity contribution in [2.75, 3.05) is 22.8 Å². The zero-order chi connectivity index (χ0) is 14.6. The SMILES string of the molecule is CC(CS(C)(=O)=O)Nc1nc(NN)ncc1[N+](=O)[O-]. The Kier molecular flexibility index (Phi) is 4.56. The van der Waals surface area contributed by atoms with Crippen molar-refractivity contribution < 1.29 is 13.3 Å². The number of hydrazine groups is 1. The lowest BCUT2D eigenvalue weighted by Crippen LogP contribution is -2.26. The maximum absolute atomic E-state index is 11.1. The van der Waals surface area contributed by atoms with Crippen molar-refractivity contribution >= 4 is 27.3 Å². The van der Waals surface area contributed by atoms with Crippen LogP contribution in [0, 0.1) is 10.1 Å². The summed E-state index contributed by atoms with van der Waals surface area (Å²) in [6.45, 7) is 1.57. The molecule has 0 aliphatic carbocycles. The molecule has 0 aliphatic rings. The predicted molar refractivity (Wildman–Crippen MR) is 69.3 cm³/mol. The molecule has 0 amide bonds. The Morgan fingerprint density at radius 2 is 2.21 bits per heavy atom. The molecule has 4 N–H and O–H groups in total. The van der Waals surface area contributed by atoms with Gasteiger partial charge in [0.05, 0.1) is 10.7 Å². The molecule has 0 radical (unpaired) electrons. The number of rotatable bonds is 6. The van der Waals surface area contributed by atoms with E-state index in [2.05, 4.69) is 20.7 Å². The number of sulfone groups is 1. The van der Waals surface area contributed by atoms with Crippen molar-refractivity contribution in [2.24, 2.45) is 5.84 Å². The summed E-state index contributed by atoms with van der Waals surface area (Å²) in [5.74, 6) is 4.82. The van der Waals surface area contributed by atoms with Crippen LogP contribution in [0.2, 0.25) is 0 Å². The third-order valence-electron chi connectivity index (χ3n) is 2.03. The molecule has 0 saturated carbocycles. The molecule has 1 unspecified atom stereocenters. The Labute approximate surface area is 109 Å². The molecule has 1 atom stereocenters. The third kappa shape index (κ3) is 4.63. The molecule has 0 spiro atoms. The van der Waals surface area contributed by atoms with E-state index in [-0.39, 0.29) is 23.2 Å². The molecule has 0 fully saturated rings. The molecule has 1 aromatic rings. The summed E-state index contributed by atoms with van der Waals surface area (Å²) in [6.07, 6.45) is 2.06. The fourth-order valence-electron chi connectivity index (χ4n) is 1.41. The molecule has 11 heteroatoms. The van der Waals surface area contributed by atoms with Crippen LogP contribution in [0.3, 0.4) is 0 Å². The predicted octanol–water partition coefficient (Wildman–Crippen LogP) is -0.485. The number of nitrogens with two attached hydrogens (primary N) is 1. The highest BCUT2D eigenvalue weighted by Crippen LogP contribution is 2.22. The molecule has 1 heterocycles. The molecule has 1 rings (SSSR count). The maximum Gasteiger partial charge on any atom is 0.329 e. The lowest BCUT2D eigenvalue weighted by Gasteiger charge is -2.13. The van der Waals surface area contributed by atoms with Crippen LogP contribution in [-0.4, -0.2) is 41.4 Å². The average molecular weight is 290 g/mol. The van der Waals surface area contributed by atoms with Gasteiger partial charge in [0.1, 0.15) is 16.0 Å². The molecule has 10 nitrogen and oxygen atoms in total. The number of nitrogens with zero attached hydrogens (tertiary/aromatic N) is 3. The minimum atomic E-state index is -3.21. The van der Waals surface area contributed by atoms with Gasteiger partial charge in [-0.15, -0.1) is 0 Å². The van der Waals surface area contributed by atoms with Gasteiger partial charge in [-0.05, 0) is 6.92 Å². The number of hydrogen-bond donors (Lipinski definition) is 3. The van der Waals surface area contributed by atoms with Crippen LogP contribution in [-0.2, 0) is 9.84 Å². The van der Waals surface area contributed by atoms with E-state index in [0.29, 0.717) is 0 Å². The van der Waals surface area contributed by atoms with Crippen molar-refractivity contribution in [3.05, 3.63) is 16.3 Å². The molecule has 0 aliphatic heterocycles. The van der Waals surface area contributed by atoms with E-state index in [1.54, 1.807) is 6.92 Å². The van der Waals surface area contributed by atoms with Gasteiger partial charge < -0.3 is 5.32 Å². The fraction of sp³-hybridized carbons (Fsp3) is 0.500. The van der Waals surface area contributed by atoms with E-state index >= 15 is 0 Å². The second-order valence-electron chi connectivity index (χ2n) is 3.97. The standard InChI is InChI=1S/C8H14N6O4S/c1-5(4-19(2,17)18)11-7-6(14(15)16)3-10-8(12-7)13-9/h3,5H,4,9H2,1-2H3,(H2,10,11,12,13). The van der Waals surface area contributed by atoms with E-state index in [9.17, 15) is 18.5 Å². The summed E-state index contributed by atoms with van der Waals surface area (Å²) in [5.41, 5.74) is 1.79. The first-order chi connectivity index (χ1) is 8.73. The van der Waals surface area contributed by atoms with Gasteiger partial charge >= 0.3 is 5.69 Å². The van der Waals surface area contributed by atoms with Crippen LogP contribution in [0.15, 0.2) is 6.20 Å². The molecule has 0 bridgehead atoms. The second kappa shape index (κ2) is 5.75. The lowest BCUT2D eigenvalue weighted by atomic mass is 10.3. The quantitative estimate of drug-likeness (QED) is 0.358. The van der Waals surface area contributed by atoms with Crippen molar-refractivity contribution in [2.45, 2.75) is 13.0 Å². The summed E-state index contributed by atoms with van der Waals surface area (Å²) in [7, 11) is -3.21. The average Bonchev–Trinajstić information content (AvgIpc) is 2.25. The lowest BCUT2D eigenvalue weighted by molar-refractivity contribution is -0.384. The van der Waals surface area contributed by atoms with Gasteiger partial charge in [-0.1, -0.05) is 0 Å². The zero-order valence-electron chi connectivity index (χ0n) is 10.3. The first-order valence-corrected chi connectivity index (χ1v) is 7.21. The van der Waals surface area contributed by atoms with Crippen LogP contribution in [0.5, 0.6) is 0 Å². The van der Waals surface area contributed by atoms with Crippen molar-refractivity contribution in [1.82, 2.24) is 9.97 Å². The molecule has 19 heavy (non-hydrogen) atoms. The van der Waals surface area contributed by atoms with Crippen LogP contribution < -0.4 is 16.6 Å². The molecular formula is C8H14N6O4S. The molecule has 0 saturated heterocycles. The molecule has 0 aromatic carbocycles. The van der Waals surface area contributed by atoms with Gasteiger partial charge in [0.15, 0.2) is 0 Å². The highest BCUT2D eigenvalue weighted by molar-refractivity contribution is 7.90. The van der Waals surface area contributed by atoms with E-state index in [1.807, 2.05) is 0 Å². The second-order valence-corrected chi connectivity index (χ2v) is 6.15. The zero-order valence-corrected chi connectivity index (χ0v) is 11.1. The molecule has 1 aromatic heterocycles. The van der Waals surface area contributed by atoms with Gasteiger partial charge in [0.2, 0.25) is 11.8 Å². The molecule has 106 valence electrons.